The number of hydrogen-bond donors (Lipinski definition) is 0. The average molecular weight is 169 g/mol. The Kier molecular flexibility index (Phi) is 5.59. The van der Waals surface area contributed by atoms with Gasteiger partial charge in [-0.3, -0.25) is 0 Å². The minimum absolute atomic E-state index is 0.132. The summed E-state index contributed by atoms with van der Waals surface area (Å²) in [4.78, 5) is 12.4. The van der Waals surface area contributed by atoms with Gasteiger partial charge >= 0.3 is 6.09 Å². The predicted molar refractivity (Wildman–Crippen MR) is 49.2 cm³/mol. The zero-order valence-electron chi connectivity index (χ0n) is 8.04. The third-order valence-corrected chi connectivity index (χ3v) is 1.71. The van der Waals surface area contributed by atoms with Crippen molar-refractivity contribution in [3.8, 4) is 0 Å². The van der Waals surface area contributed by atoms with Crippen LogP contribution in [0.25, 0.3) is 0 Å². The summed E-state index contributed by atoms with van der Waals surface area (Å²) >= 11 is 0. The van der Waals surface area contributed by atoms with Gasteiger partial charge in [-0.2, -0.15) is 0 Å². The summed E-state index contributed by atoms with van der Waals surface area (Å²) in [5, 5.41) is 0. The summed E-state index contributed by atoms with van der Waals surface area (Å²) in [7, 11) is 6.95. The van der Waals surface area contributed by atoms with Gasteiger partial charge in [0.05, 0.1) is 15.0 Å². The zero-order valence-corrected chi connectivity index (χ0v) is 8.04. The molecule has 1 aliphatic heterocycles. The molecule has 1 saturated heterocycles. The number of likely N-dealkylation sites (tertiary alicyclic amines) is 1. The number of amides is 1. The van der Waals surface area contributed by atoms with Crippen LogP contribution in [0.15, 0.2) is 0 Å². The van der Waals surface area contributed by atoms with Gasteiger partial charge in [0.25, 0.3) is 0 Å². The van der Waals surface area contributed by atoms with Gasteiger partial charge in [-0.25, -0.2) is 4.79 Å². The van der Waals surface area contributed by atoms with E-state index in [0.717, 1.165) is 19.4 Å². The van der Waals surface area contributed by atoms with Crippen molar-refractivity contribution in [1.82, 2.24) is 4.90 Å². The molecular formula is C8H16BNO2. The molecular weight excluding hydrogens is 153 g/mol. The van der Waals surface area contributed by atoms with E-state index in [4.69, 9.17) is 7.85 Å². The number of hydrogen-bond acceptors (Lipinski definition) is 2. The zero-order chi connectivity index (χ0) is 9.56. The highest BCUT2D eigenvalue weighted by atomic mass is 16.5. The van der Waals surface area contributed by atoms with Gasteiger partial charge in [-0.1, -0.05) is 13.8 Å². The summed E-state index contributed by atoms with van der Waals surface area (Å²) in [6.07, 6.45) is 1.55. The van der Waals surface area contributed by atoms with E-state index in [9.17, 15) is 4.79 Å². The van der Waals surface area contributed by atoms with E-state index in [-0.39, 0.29) is 12.0 Å². The molecule has 0 aromatic carbocycles. The van der Waals surface area contributed by atoms with E-state index < -0.39 is 0 Å². The molecule has 0 aromatic rings. The topological polar surface area (TPSA) is 29.5 Å². The Labute approximate surface area is 75.5 Å². The molecule has 68 valence electrons. The van der Waals surface area contributed by atoms with Crippen molar-refractivity contribution in [3.63, 3.8) is 0 Å². The van der Waals surface area contributed by atoms with Crippen LogP contribution in [0.2, 0.25) is 0 Å². The molecule has 2 radical (unpaired) electrons. The summed E-state index contributed by atoms with van der Waals surface area (Å²) in [6.45, 7) is 4.73. The lowest BCUT2D eigenvalue weighted by molar-refractivity contribution is 0.129. The van der Waals surface area contributed by atoms with Crippen molar-refractivity contribution < 1.29 is 9.53 Å². The minimum Gasteiger partial charge on any atom is -0.453 e. The predicted octanol–water partition coefficient (Wildman–Crippen LogP) is 1.37. The van der Waals surface area contributed by atoms with Crippen molar-refractivity contribution in [2.24, 2.45) is 0 Å². The molecule has 4 heteroatoms. The monoisotopic (exact) mass is 169 g/mol. The molecule has 0 aromatic heterocycles. The van der Waals surface area contributed by atoms with E-state index in [1.165, 1.54) is 7.11 Å². The number of rotatable bonds is 0. The molecule has 3 nitrogen and oxygen atoms in total. The maximum atomic E-state index is 10.8. The molecule has 0 saturated carbocycles. The number of carbonyl (C=O) groups is 1. The van der Waals surface area contributed by atoms with Gasteiger partial charge in [0.15, 0.2) is 0 Å². The van der Waals surface area contributed by atoms with Gasteiger partial charge in [0.2, 0.25) is 0 Å². The molecule has 1 rings (SSSR count). The first-order valence-corrected chi connectivity index (χ1v) is 4.36. The van der Waals surface area contributed by atoms with Crippen LogP contribution in [0.3, 0.4) is 0 Å². The van der Waals surface area contributed by atoms with Gasteiger partial charge in [-0.05, 0) is 18.8 Å². The van der Waals surface area contributed by atoms with Crippen LogP contribution in [-0.4, -0.2) is 38.4 Å². The molecule has 1 heterocycles. The lowest BCUT2D eigenvalue weighted by Crippen LogP contribution is -2.35. The van der Waals surface area contributed by atoms with Crippen LogP contribution >= 0.6 is 0 Å². The van der Waals surface area contributed by atoms with Crippen molar-refractivity contribution in [1.29, 1.82) is 0 Å². The maximum absolute atomic E-state index is 10.8. The number of nitrogens with zero attached hydrogens (tertiary/aromatic N) is 1. The standard InChI is InChI=1S/C6H10BNO2.C2H6/c1-10-6(9)8-4-2-3-5(8)7;1-2/h5H,2-4H2,1H3;1-2H3. The molecule has 1 amide bonds. The highest BCUT2D eigenvalue weighted by molar-refractivity contribution is 6.12. The Bertz CT molecular complexity index is 141. The molecule has 0 aliphatic carbocycles. The number of ether oxygens (including phenoxy) is 1. The second-order valence-electron chi connectivity index (χ2n) is 2.37. The third kappa shape index (κ3) is 2.76. The van der Waals surface area contributed by atoms with Crippen molar-refractivity contribution in [2.75, 3.05) is 13.7 Å². The third-order valence-electron chi connectivity index (χ3n) is 1.71. The second kappa shape index (κ2) is 5.92. The van der Waals surface area contributed by atoms with E-state index in [2.05, 4.69) is 4.74 Å². The van der Waals surface area contributed by atoms with Crippen LogP contribution in [0.4, 0.5) is 4.79 Å². The molecule has 12 heavy (non-hydrogen) atoms. The molecule has 1 fully saturated rings. The SMILES string of the molecule is CC.[B]C1CCCN1C(=O)OC. The summed E-state index contributed by atoms with van der Waals surface area (Å²) < 4.78 is 4.51. The van der Waals surface area contributed by atoms with Crippen LogP contribution in [0, 0.1) is 0 Å². The quantitative estimate of drug-likeness (QED) is 0.512. The van der Waals surface area contributed by atoms with E-state index in [1.54, 1.807) is 4.90 Å². The molecule has 1 atom stereocenters. The Balaban J connectivity index is 0.000000561. The van der Waals surface area contributed by atoms with Crippen LogP contribution in [0.1, 0.15) is 26.7 Å². The highest BCUT2D eigenvalue weighted by Gasteiger charge is 2.24. The summed E-state index contributed by atoms with van der Waals surface area (Å²) in [6, 6.07) is 0. The lowest BCUT2D eigenvalue weighted by Gasteiger charge is -2.19. The van der Waals surface area contributed by atoms with Gasteiger partial charge in [0.1, 0.15) is 0 Å². The first-order chi connectivity index (χ1) is 5.75. The smallest absolute Gasteiger partial charge is 0.409 e. The second-order valence-corrected chi connectivity index (χ2v) is 2.37. The first kappa shape index (κ1) is 11.3. The minimum atomic E-state index is -0.315. The average Bonchev–Trinajstić information content (AvgIpc) is 2.54. The Hall–Kier alpha value is -0.665. The molecule has 0 N–H and O–H groups in total. The first-order valence-electron chi connectivity index (χ1n) is 4.36. The fourth-order valence-corrected chi connectivity index (χ4v) is 1.14. The van der Waals surface area contributed by atoms with Crippen LogP contribution in [-0.2, 0) is 4.74 Å². The maximum Gasteiger partial charge on any atom is 0.409 e. The summed E-state index contributed by atoms with van der Waals surface area (Å²) in [5.74, 6) is -0.132. The highest BCUT2D eigenvalue weighted by Crippen LogP contribution is 2.14. The number of carbonyl (C=O) groups excluding carboxylic acids is 1. The lowest BCUT2D eigenvalue weighted by atomic mass is 9.94. The van der Waals surface area contributed by atoms with Gasteiger partial charge < -0.3 is 9.64 Å². The normalized spacial score (nSPS) is 21.2. The molecule has 1 aliphatic rings. The van der Waals surface area contributed by atoms with Crippen LogP contribution < -0.4 is 0 Å². The van der Waals surface area contributed by atoms with Crippen molar-refractivity contribution in [2.45, 2.75) is 32.6 Å². The van der Waals surface area contributed by atoms with E-state index >= 15 is 0 Å². The van der Waals surface area contributed by atoms with Crippen LogP contribution in [0.5, 0.6) is 0 Å². The van der Waals surface area contributed by atoms with Gasteiger partial charge in [-0.15, -0.1) is 0 Å². The van der Waals surface area contributed by atoms with E-state index in [0.29, 0.717) is 0 Å². The largest absolute Gasteiger partial charge is 0.453 e. The Morgan fingerprint density at radius 2 is 2.17 bits per heavy atom. The fourth-order valence-electron chi connectivity index (χ4n) is 1.14. The molecule has 0 spiro atoms. The Morgan fingerprint density at radius 1 is 1.58 bits per heavy atom. The van der Waals surface area contributed by atoms with Gasteiger partial charge in [0, 0.05) is 6.54 Å². The summed E-state index contributed by atoms with van der Waals surface area (Å²) in [5.41, 5.74) is 0. The van der Waals surface area contributed by atoms with Crippen molar-refractivity contribution >= 4 is 13.9 Å². The van der Waals surface area contributed by atoms with Crippen molar-refractivity contribution in [3.05, 3.63) is 0 Å². The molecule has 1 unspecified atom stereocenters. The number of methoxy groups -OCH3 is 1. The molecule has 0 bridgehead atoms. The fraction of sp³-hybridized carbons (Fsp3) is 0.875. The Morgan fingerprint density at radius 3 is 2.50 bits per heavy atom. The van der Waals surface area contributed by atoms with E-state index in [1.807, 2.05) is 13.8 Å².